The number of piperazine rings is 1. The van der Waals surface area contributed by atoms with Crippen molar-refractivity contribution in [2.45, 2.75) is 38.8 Å². The van der Waals surface area contributed by atoms with E-state index in [0.717, 1.165) is 63.5 Å². The highest BCUT2D eigenvalue weighted by Gasteiger charge is 2.23. The average molecular weight is 405 g/mol. The topological polar surface area (TPSA) is 42.0 Å². The first-order valence-electron chi connectivity index (χ1n) is 9.01. The maximum atomic E-state index is 12.6. The molecule has 0 aromatic heterocycles. The van der Waals surface area contributed by atoms with E-state index >= 15 is 0 Å². The molecule has 0 saturated carbocycles. The summed E-state index contributed by atoms with van der Waals surface area (Å²) in [5.74, 6) is 0.957. The molecule has 0 bridgehead atoms. The number of hydrogen-bond acceptors (Lipinski definition) is 4. The van der Waals surface area contributed by atoms with Crippen LogP contribution in [0.25, 0.3) is 0 Å². The van der Waals surface area contributed by atoms with Crippen LogP contribution in [0.5, 0.6) is 5.75 Å². The fourth-order valence-corrected chi connectivity index (χ4v) is 3.29. The van der Waals surface area contributed by atoms with Crippen molar-refractivity contribution >= 4 is 30.7 Å². The molecule has 0 N–H and O–H groups in total. The van der Waals surface area contributed by atoms with Crippen LogP contribution < -0.4 is 4.74 Å². The van der Waals surface area contributed by atoms with E-state index in [1.807, 2.05) is 29.2 Å². The van der Waals surface area contributed by atoms with Crippen LogP contribution in [-0.2, 0) is 4.74 Å². The molecule has 3 rings (SSSR count). The van der Waals surface area contributed by atoms with Crippen molar-refractivity contribution in [2.75, 3.05) is 39.4 Å². The number of nitrogens with zero attached hydrogens (tertiary/aromatic N) is 2. The van der Waals surface area contributed by atoms with Crippen molar-refractivity contribution < 1.29 is 14.3 Å². The van der Waals surface area contributed by atoms with Gasteiger partial charge in [0.15, 0.2) is 0 Å². The predicted octanol–water partition coefficient (Wildman–Crippen LogP) is 3.25. The minimum Gasteiger partial charge on any atom is -0.490 e. The zero-order valence-electron chi connectivity index (χ0n) is 15.6. The van der Waals surface area contributed by atoms with Crippen LogP contribution >= 0.6 is 24.8 Å². The Bertz CT molecular complexity index is 540. The zero-order valence-corrected chi connectivity index (χ0v) is 17.2. The molecule has 26 heavy (non-hydrogen) atoms. The number of halogens is 2. The smallest absolute Gasteiger partial charge is 0.253 e. The minimum absolute atomic E-state index is 0. The van der Waals surface area contributed by atoms with Gasteiger partial charge in [-0.1, -0.05) is 0 Å². The standard InChI is InChI=1S/C19H28N2O3.2ClH/c1-15(2)20-9-11-21(12-10-20)19(22)16-3-5-17(6-4-16)24-18-7-13-23-14-8-18;;/h3-6,15,18H,7-14H2,1-2H3;2*1H. The summed E-state index contributed by atoms with van der Waals surface area (Å²) in [6, 6.07) is 8.13. The summed E-state index contributed by atoms with van der Waals surface area (Å²) in [5, 5.41) is 0. The van der Waals surface area contributed by atoms with E-state index in [2.05, 4.69) is 18.7 Å². The molecule has 148 valence electrons. The predicted molar refractivity (Wildman–Crippen MR) is 108 cm³/mol. The van der Waals surface area contributed by atoms with E-state index < -0.39 is 0 Å². The fourth-order valence-electron chi connectivity index (χ4n) is 3.29. The van der Waals surface area contributed by atoms with E-state index in [9.17, 15) is 4.79 Å². The Morgan fingerprint density at radius 1 is 1.04 bits per heavy atom. The number of carbonyl (C=O) groups is 1. The summed E-state index contributed by atoms with van der Waals surface area (Å²) < 4.78 is 11.3. The largest absolute Gasteiger partial charge is 0.490 e. The SMILES string of the molecule is CC(C)N1CCN(C(=O)c2ccc(OC3CCOCC3)cc2)CC1.Cl.Cl. The highest BCUT2D eigenvalue weighted by atomic mass is 35.5. The van der Waals surface area contributed by atoms with Crippen LogP contribution in [-0.4, -0.2) is 67.2 Å². The molecule has 2 fully saturated rings. The number of ether oxygens (including phenoxy) is 2. The Morgan fingerprint density at radius 3 is 2.15 bits per heavy atom. The molecule has 0 spiro atoms. The van der Waals surface area contributed by atoms with Gasteiger partial charge in [0, 0.05) is 50.6 Å². The van der Waals surface area contributed by atoms with E-state index in [4.69, 9.17) is 9.47 Å². The van der Waals surface area contributed by atoms with Crippen LogP contribution in [0.3, 0.4) is 0 Å². The van der Waals surface area contributed by atoms with E-state index in [1.54, 1.807) is 0 Å². The van der Waals surface area contributed by atoms with Gasteiger partial charge < -0.3 is 14.4 Å². The van der Waals surface area contributed by atoms with Crippen molar-refractivity contribution in [3.63, 3.8) is 0 Å². The third kappa shape index (κ3) is 6.02. The van der Waals surface area contributed by atoms with Crippen molar-refractivity contribution in [3.8, 4) is 5.75 Å². The molecule has 7 heteroatoms. The zero-order chi connectivity index (χ0) is 16.9. The van der Waals surface area contributed by atoms with Crippen LogP contribution in [0.15, 0.2) is 24.3 Å². The molecule has 1 amide bonds. The molecule has 1 aromatic rings. The maximum absolute atomic E-state index is 12.6. The van der Waals surface area contributed by atoms with E-state index in [-0.39, 0.29) is 36.8 Å². The van der Waals surface area contributed by atoms with E-state index in [1.165, 1.54) is 0 Å². The summed E-state index contributed by atoms with van der Waals surface area (Å²) in [6.45, 7) is 9.45. The van der Waals surface area contributed by atoms with Gasteiger partial charge in [0.1, 0.15) is 11.9 Å². The second-order valence-corrected chi connectivity index (χ2v) is 6.88. The number of amides is 1. The molecular formula is C19H30Cl2N2O3. The van der Waals surface area contributed by atoms with Crippen molar-refractivity contribution in [1.29, 1.82) is 0 Å². The number of rotatable bonds is 4. The lowest BCUT2D eigenvalue weighted by molar-refractivity contribution is 0.0255. The van der Waals surface area contributed by atoms with Gasteiger partial charge in [-0.3, -0.25) is 9.69 Å². The summed E-state index contributed by atoms with van der Waals surface area (Å²) in [6.07, 6.45) is 2.09. The molecule has 2 heterocycles. The first kappa shape index (κ1) is 23.0. The lowest BCUT2D eigenvalue weighted by Crippen LogP contribution is -2.50. The van der Waals surface area contributed by atoms with Gasteiger partial charge >= 0.3 is 0 Å². The Morgan fingerprint density at radius 2 is 1.62 bits per heavy atom. The van der Waals surface area contributed by atoms with Gasteiger partial charge in [0.25, 0.3) is 5.91 Å². The number of benzene rings is 1. The number of hydrogen-bond donors (Lipinski definition) is 0. The molecule has 1 aromatic carbocycles. The Balaban J connectivity index is 0.00000169. The molecule has 5 nitrogen and oxygen atoms in total. The second kappa shape index (κ2) is 11.0. The van der Waals surface area contributed by atoms with Crippen LogP contribution in [0, 0.1) is 0 Å². The van der Waals surface area contributed by atoms with Crippen molar-refractivity contribution in [3.05, 3.63) is 29.8 Å². The number of carbonyl (C=O) groups excluding carboxylic acids is 1. The quantitative estimate of drug-likeness (QED) is 0.771. The van der Waals surface area contributed by atoms with Crippen molar-refractivity contribution in [1.82, 2.24) is 9.80 Å². The molecule has 0 atom stereocenters. The van der Waals surface area contributed by atoms with Crippen LogP contribution in [0.4, 0.5) is 0 Å². The molecule has 2 aliphatic heterocycles. The van der Waals surface area contributed by atoms with Gasteiger partial charge in [0.2, 0.25) is 0 Å². The Labute approximate surface area is 168 Å². The molecule has 2 aliphatic rings. The van der Waals surface area contributed by atoms with Gasteiger partial charge in [-0.15, -0.1) is 24.8 Å². The molecular weight excluding hydrogens is 375 g/mol. The first-order valence-corrected chi connectivity index (χ1v) is 9.01. The maximum Gasteiger partial charge on any atom is 0.253 e. The monoisotopic (exact) mass is 404 g/mol. The molecule has 0 aliphatic carbocycles. The summed E-state index contributed by atoms with van der Waals surface area (Å²) in [4.78, 5) is 17.0. The van der Waals surface area contributed by atoms with Gasteiger partial charge in [-0.2, -0.15) is 0 Å². The second-order valence-electron chi connectivity index (χ2n) is 6.88. The highest BCUT2D eigenvalue weighted by Crippen LogP contribution is 2.19. The fraction of sp³-hybridized carbons (Fsp3) is 0.632. The Kier molecular flexibility index (Phi) is 9.72. The minimum atomic E-state index is 0. The van der Waals surface area contributed by atoms with Crippen LogP contribution in [0.2, 0.25) is 0 Å². The van der Waals surface area contributed by atoms with E-state index in [0.29, 0.717) is 6.04 Å². The average Bonchev–Trinajstić information content (AvgIpc) is 2.63. The van der Waals surface area contributed by atoms with Gasteiger partial charge in [-0.25, -0.2) is 0 Å². The lowest BCUT2D eigenvalue weighted by atomic mass is 10.1. The molecule has 2 saturated heterocycles. The lowest BCUT2D eigenvalue weighted by Gasteiger charge is -2.37. The third-order valence-electron chi connectivity index (χ3n) is 4.90. The summed E-state index contributed by atoms with van der Waals surface area (Å²) in [5.41, 5.74) is 0.743. The van der Waals surface area contributed by atoms with Gasteiger partial charge in [0.05, 0.1) is 13.2 Å². The normalized spacial score (nSPS) is 18.8. The molecule has 0 unspecified atom stereocenters. The molecule has 0 radical (unpaired) electrons. The van der Waals surface area contributed by atoms with Crippen LogP contribution in [0.1, 0.15) is 37.0 Å². The summed E-state index contributed by atoms with van der Waals surface area (Å²) >= 11 is 0. The summed E-state index contributed by atoms with van der Waals surface area (Å²) in [7, 11) is 0. The highest BCUT2D eigenvalue weighted by molar-refractivity contribution is 5.94. The first-order chi connectivity index (χ1) is 11.6. The van der Waals surface area contributed by atoms with Gasteiger partial charge in [-0.05, 0) is 38.1 Å². The third-order valence-corrected chi connectivity index (χ3v) is 4.90. The Hall–Kier alpha value is -1.01. The van der Waals surface area contributed by atoms with Crippen molar-refractivity contribution in [2.24, 2.45) is 0 Å².